The van der Waals surface area contributed by atoms with Gasteiger partial charge in [0.1, 0.15) is 0 Å². The van der Waals surface area contributed by atoms with E-state index in [9.17, 15) is 4.79 Å². The van der Waals surface area contributed by atoms with Crippen LogP contribution in [0.1, 0.15) is 22.6 Å². The molecule has 4 nitrogen and oxygen atoms in total. The summed E-state index contributed by atoms with van der Waals surface area (Å²) >= 11 is 1.80. The van der Waals surface area contributed by atoms with E-state index < -0.39 is 0 Å². The Balaban J connectivity index is 2.03. The molecule has 22 heavy (non-hydrogen) atoms. The summed E-state index contributed by atoms with van der Waals surface area (Å²) in [5.74, 6) is 0.501. The Labute approximate surface area is 138 Å². The Morgan fingerprint density at radius 2 is 2.14 bits per heavy atom. The SMILES string of the molecule is Cc1ccc(CN(CCN(C)C)C(=O)C2CCCN(C)C2)s1. The summed E-state index contributed by atoms with van der Waals surface area (Å²) in [6, 6.07) is 4.30. The summed E-state index contributed by atoms with van der Waals surface area (Å²) in [6.45, 7) is 6.62. The zero-order valence-corrected chi connectivity index (χ0v) is 15.2. The molecular weight excluding hydrogens is 294 g/mol. The Morgan fingerprint density at radius 3 is 2.73 bits per heavy atom. The Hall–Kier alpha value is -0.910. The van der Waals surface area contributed by atoms with Gasteiger partial charge in [-0.15, -0.1) is 11.3 Å². The number of hydrogen-bond acceptors (Lipinski definition) is 4. The number of piperidine rings is 1. The topological polar surface area (TPSA) is 26.8 Å². The molecule has 5 heteroatoms. The molecule has 124 valence electrons. The second-order valence-electron chi connectivity index (χ2n) is 6.68. The predicted molar refractivity (Wildman–Crippen MR) is 93.2 cm³/mol. The number of carbonyl (C=O) groups excluding carboxylic acids is 1. The molecule has 1 aromatic heterocycles. The van der Waals surface area contributed by atoms with Gasteiger partial charge in [-0.1, -0.05) is 0 Å². The molecule has 2 rings (SSSR count). The van der Waals surface area contributed by atoms with Crippen LogP contribution in [-0.2, 0) is 11.3 Å². The summed E-state index contributed by atoms with van der Waals surface area (Å²) < 4.78 is 0. The Morgan fingerprint density at radius 1 is 1.36 bits per heavy atom. The molecule has 0 aromatic carbocycles. The summed E-state index contributed by atoms with van der Waals surface area (Å²) in [5.41, 5.74) is 0. The van der Waals surface area contributed by atoms with E-state index >= 15 is 0 Å². The van der Waals surface area contributed by atoms with E-state index in [-0.39, 0.29) is 5.92 Å². The molecule has 1 aliphatic heterocycles. The quantitative estimate of drug-likeness (QED) is 0.804. The number of hydrogen-bond donors (Lipinski definition) is 0. The fourth-order valence-electron chi connectivity index (χ4n) is 2.97. The highest BCUT2D eigenvalue weighted by atomic mass is 32.1. The lowest BCUT2D eigenvalue weighted by Crippen LogP contribution is -2.45. The maximum atomic E-state index is 13.0. The normalized spacial score (nSPS) is 19.6. The molecule has 1 aliphatic rings. The number of thiophene rings is 1. The fraction of sp³-hybridized carbons (Fsp3) is 0.706. The summed E-state index contributed by atoms with van der Waals surface area (Å²) in [6.07, 6.45) is 2.16. The molecule has 0 N–H and O–H groups in total. The van der Waals surface area contributed by atoms with Gasteiger partial charge in [0, 0.05) is 29.4 Å². The molecule has 0 saturated carbocycles. The zero-order valence-electron chi connectivity index (χ0n) is 14.3. The first-order chi connectivity index (χ1) is 10.5. The molecule has 1 amide bonds. The molecule has 1 aromatic rings. The minimum absolute atomic E-state index is 0.168. The van der Waals surface area contributed by atoms with E-state index in [1.807, 2.05) is 0 Å². The number of carbonyl (C=O) groups is 1. The minimum atomic E-state index is 0.168. The monoisotopic (exact) mass is 323 g/mol. The molecule has 0 radical (unpaired) electrons. The largest absolute Gasteiger partial charge is 0.336 e. The van der Waals surface area contributed by atoms with E-state index in [4.69, 9.17) is 0 Å². The third kappa shape index (κ3) is 5.07. The molecule has 1 unspecified atom stereocenters. The van der Waals surface area contributed by atoms with Gasteiger partial charge in [0.15, 0.2) is 0 Å². The minimum Gasteiger partial charge on any atom is -0.336 e. The van der Waals surface area contributed by atoms with Crippen molar-refractivity contribution >= 4 is 17.2 Å². The predicted octanol–water partition coefficient (Wildman–Crippen LogP) is 2.29. The van der Waals surface area contributed by atoms with Crippen LogP contribution in [0.15, 0.2) is 12.1 Å². The number of likely N-dealkylation sites (N-methyl/N-ethyl adjacent to an activating group) is 1. The molecule has 1 atom stereocenters. The number of amides is 1. The van der Waals surface area contributed by atoms with E-state index in [1.54, 1.807) is 11.3 Å². The highest BCUT2D eigenvalue weighted by molar-refractivity contribution is 7.11. The van der Waals surface area contributed by atoms with Gasteiger partial charge in [0.2, 0.25) is 5.91 Å². The Kier molecular flexibility index (Phi) is 6.41. The van der Waals surface area contributed by atoms with Crippen molar-refractivity contribution in [1.82, 2.24) is 14.7 Å². The maximum Gasteiger partial charge on any atom is 0.227 e. The summed E-state index contributed by atoms with van der Waals surface area (Å²) in [7, 11) is 6.24. The third-order valence-corrected chi connectivity index (χ3v) is 5.23. The van der Waals surface area contributed by atoms with E-state index in [2.05, 4.69) is 54.9 Å². The van der Waals surface area contributed by atoms with Crippen molar-refractivity contribution in [2.45, 2.75) is 26.3 Å². The van der Waals surface area contributed by atoms with Gasteiger partial charge in [-0.2, -0.15) is 0 Å². The van der Waals surface area contributed by atoms with Crippen LogP contribution in [0.2, 0.25) is 0 Å². The first-order valence-corrected chi connectivity index (χ1v) is 8.94. The van der Waals surface area contributed by atoms with E-state index in [0.717, 1.165) is 45.6 Å². The second-order valence-corrected chi connectivity index (χ2v) is 8.05. The highest BCUT2D eigenvalue weighted by Gasteiger charge is 2.28. The third-order valence-electron chi connectivity index (χ3n) is 4.25. The van der Waals surface area contributed by atoms with Crippen molar-refractivity contribution in [2.75, 3.05) is 47.3 Å². The lowest BCUT2D eigenvalue weighted by Gasteiger charge is -2.33. The Bertz CT molecular complexity index is 486. The molecule has 0 bridgehead atoms. The van der Waals surface area contributed by atoms with Crippen LogP contribution in [0.5, 0.6) is 0 Å². The van der Waals surface area contributed by atoms with Gasteiger partial charge in [-0.05, 0) is 59.6 Å². The molecular formula is C17H29N3OS. The number of rotatable bonds is 6. The lowest BCUT2D eigenvalue weighted by molar-refractivity contribution is -0.138. The standard InChI is InChI=1S/C17H29N3OS/c1-14-7-8-16(22-14)13-20(11-10-18(2)3)17(21)15-6-5-9-19(4)12-15/h7-8,15H,5-6,9-13H2,1-4H3. The fourth-order valence-corrected chi connectivity index (χ4v) is 3.88. The first kappa shape index (κ1) is 17.4. The van der Waals surface area contributed by atoms with Crippen molar-refractivity contribution in [2.24, 2.45) is 5.92 Å². The number of aryl methyl sites for hydroxylation is 1. The van der Waals surface area contributed by atoms with Crippen LogP contribution >= 0.6 is 11.3 Å². The van der Waals surface area contributed by atoms with Crippen molar-refractivity contribution in [1.29, 1.82) is 0 Å². The molecule has 0 aliphatic carbocycles. The average Bonchev–Trinajstić information content (AvgIpc) is 2.88. The first-order valence-electron chi connectivity index (χ1n) is 8.13. The van der Waals surface area contributed by atoms with Gasteiger partial charge in [-0.3, -0.25) is 4.79 Å². The van der Waals surface area contributed by atoms with E-state index in [1.165, 1.54) is 9.75 Å². The number of nitrogens with zero attached hydrogens (tertiary/aromatic N) is 3. The molecule has 2 heterocycles. The smallest absolute Gasteiger partial charge is 0.227 e. The van der Waals surface area contributed by atoms with Crippen molar-refractivity contribution in [3.05, 3.63) is 21.9 Å². The molecule has 1 saturated heterocycles. The van der Waals surface area contributed by atoms with Crippen LogP contribution in [0.3, 0.4) is 0 Å². The van der Waals surface area contributed by atoms with Gasteiger partial charge >= 0.3 is 0 Å². The second kappa shape index (κ2) is 8.09. The van der Waals surface area contributed by atoms with Crippen molar-refractivity contribution in [3.8, 4) is 0 Å². The van der Waals surface area contributed by atoms with Gasteiger partial charge < -0.3 is 14.7 Å². The van der Waals surface area contributed by atoms with Gasteiger partial charge in [-0.25, -0.2) is 0 Å². The summed E-state index contributed by atoms with van der Waals surface area (Å²) in [5, 5.41) is 0. The number of likely N-dealkylation sites (tertiary alicyclic amines) is 1. The maximum absolute atomic E-state index is 13.0. The van der Waals surface area contributed by atoms with Crippen LogP contribution in [0.4, 0.5) is 0 Å². The van der Waals surface area contributed by atoms with Gasteiger partial charge in [0.25, 0.3) is 0 Å². The van der Waals surface area contributed by atoms with Crippen molar-refractivity contribution < 1.29 is 4.79 Å². The van der Waals surface area contributed by atoms with Gasteiger partial charge in [0.05, 0.1) is 12.5 Å². The summed E-state index contributed by atoms with van der Waals surface area (Å²) in [4.78, 5) is 22.0. The van der Waals surface area contributed by atoms with Crippen LogP contribution < -0.4 is 0 Å². The average molecular weight is 324 g/mol. The zero-order chi connectivity index (χ0) is 16.1. The molecule has 1 fully saturated rings. The lowest BCUT2D eigenvalue weighted by atomic mass is 9.97. The van der Waals surface area contributed by atoms with Crippen molar-refractivity contribution in [3.63, 3.8) is 0 Å². The molecule has 0 spiro atoms. The van der Waals surface area contributed by atoms with Crippen LogP contribution in [0.25, 0.3) is 0 Å². The van der Waals surface area contributed by atoms with Crippen LogP contribution in [0, 0.1) is 12.8 Å². The van der Waals surface area contributed by atoms with E-state index in [0.29, 0.717) is 5.91 Å². The van der Waals surface area contributed by atoms with Crippen LogP contribution in [-0.4, -0.2) is 67.9 Å². The highest BCUT2D eigenvalue weighted by Crippen LogP contribution is 2.21.